The van der Waals surface area contributed by atoms with Crippen molar-refractivity contribution in [2.45, 2.75) is 33.7 Å². The Kier molecular flexibility index (Phi) is 8.45. The van der Waals surface area contributed by atoms with Crippen LogP contribution in [-0.4, -0.2) is 33.0 Å². The summed E-state index contributed by atoms with van der Waals surface area (Å²) in [4.78, 5) is 12.5. The van der Waals surface area contributed by atoms with Crippen molar-refractivity contribution in [3.63, 3.8) is 0 Å². The Morgan fingerprint density at radius 3 is 1.97 bits per heavy atom. The number of methoxy groups -OCH3 is 1. The fourth-order valence-corrected chi connectivity index (χ4v) is 2.80. The highest BCUT2D eigenvalue weighted by molar-refractivity contribution is 5.90. The molecule has 2 N–H and O–H groups in total. The lowest BCUT2D eigenvalue weighted by atomic mass is 10.1. The van der Waals surface area contributed by atoms with Crippen molar-refractivity contribution in [3.05, 3.63) is 42.0 Å². The second-order valence-electron chi connectivity index (χ2n) is 6.19. The number of carbonyl (C=O) groups excluding carboxylic acids is 1. The molecule has 0 aliphatic carbocycles. The van der Waals surface area contributed by atoms with Crippen LogP contribution in [0.3, 0.4) is 0 Å². The first-order valence-electron chi connectivity index (χ1n) is 9.80. The summed E-state index contributed by atoms with van der Waals surface area (Å²) >= 11 is 0. The standard InChI is InChI=1S/C22H30N2O5/c1-6-27-19-13-17(14-20(28-7-2)21(19)29-8-3)24-22(25)23-15(4)16-9-11-18(26-5)12-10-16/h9-15H,6-8H2,1-5H3,(H2,23,24,25). The number of anilines is 1. The average molecular weight is 402 g/mol. The molecule has 0 aliphatic heterocycles. The van der Waals surface area contributed by atoms with E-state index < -0.39 is 0 Å². The van der Waals surface area contributed by atoms with Gasteiger partial charge in [0.1, 0.15) is 5.75 Å². The van der Waals surface area contributed by atoms with Gasteiger partial charge in [-0.3, -0.25) is 0 Å². The zero-order chi connectivity index (χ0) is 21.2. The lowest BCUT2D eigenvalue weighted by Crippen LogP contribution is -2.31. The van der Waals surface area contributed by atoms with Crippen LogP contribution in [0.1, 0.15) is 39.3 Å². The van der Waals surface area contributed by atoms with E-state index >= 15 is 0 Å². The molecule has 29 heavy (non-hydrogen) atoms. The maximum absolute atomic E-state index is 12.5. The molecular formula is C22H30N2O5. The van der Waals surface area contributed by atoms with Gasteiger partial charge < -0.3 is 29.6 Å². The molecule has 0 bridgehead atoms. The van der Waals surface area contributed by atoms with Crippen LogP contribution in [0, 0.1) is 0 Å². The van der Waals surface area contributed by atoms with E-state index in [1.165, 1.54) is 0 Å². The smallest absolute Gasteiger partial charge is 0.319 e. The second kappa shape index (κ2) is 11.0. The molecule has 2 aromatic carbocycles. The quantitative estimate of drug-likeness (QED) is 0.598. The SMILES string of the molecule is CCOc1cc(NC(=O)NC(C)c2ccc(OC)cc2)cc(OCC)c1OCC. The van der Waals surface area contributed by atoms with Gasteiger partial charge in [0.05, 0.1) is 38.7 Å². The molecule has 158 valence electrons. The van der Waals surface area contributed by atoms with E-state index in [1.54, 1.807) is 19.2 Å². The predicted octanol–water partition coefficient (Wildman–Crippen LogP) is 4.77. The molecular weight excluding hydrogens is 372 g/mol. The lowest BCUT2D eigenvalue weighted by Gasteiger charge is -2.19. The number of amides is 2. The predicted molar refractivity (Wildman–Crippen MR) is 114 cm³/mol. The first-order valence-corrected chi connectivity index (χ1v) is 9.80. The summed E-state index contributed by atoms with van der Waals surface area (Å²) in [5.41, 5.74) is 1.53. The van der Waals surface area contributed by atoms with Crippen LogP contribution in [0.2, 0.25) is 0 Å². The summed E-state index contributed by atoms with van der Waals surface area (Å²) in [6, 6.07) is 10.5. The van der Waals surface area contributed by atoms with E-state index in [4.69, 9.17) is 18.9 Å². The zero-order valence-electron chi connectivity index (χ0n) is 17.7. The summed E-state index contributed by atoms with van der Waals surface area (Å²) in [7, 11) is 1.62. The van der Waals surface area contributed by atoms with Crippen LogP contribution in [0.4, 0.5) is 10.5 Å². The molecule has 0 aliphatic rings. The van der Waals surface area contributed by atoms with Gasteiger partial charge in [-0.25, -0.2) is 4.79 Å². The summed E-state index contributed by atoms with van der Waals surface area (Å²) in [5.74, 6) is 2.36. The molecule has 2 aromatic rings. The van der Waals surface area contributed by atoms with E-state index in [0.717, 1.165) is 11.3 Å². The van der Waals surface area contributed by atoms with Crippen LogP contribution in [0.15, 0.2) is 36.4 Å². The van der Waals surface area contributed by atoms with E-state index in [2.05, 4.69) is 10.6 Å². The minimum atomic E-state index is -0.331. The Balaban J connectivity index is 2.15. The fourth-order valence-electron chi connectivity index (χ4n) is 2.80. The molecule has 2 amide bonds. The highest BCUT2D eigenvalue weighted by atomic mass is 16.5. The third kappa shape index (κ3) is 6.20. The van der Waals surface area contributed by atoms with Gasteiger partial charge in [-0.1, -0.05) is 12.1 Å². The van der Waals surface area contributed by atoms with E-state index in [9.17, 15) is 4.79 Å². The lowest BCUT2D eigenvalue weighted by molar-refractivity contribution is 0.249. The molecule has 7 nitrogen and oxygen atoms in total. The Bertz CT molecular complexity index is 765. The maximum Gasteiger partial charge on any atom is 0.319 e. The fraction of sp³-hybridized carbons (Fsp3) is 0.409. The summed E-state index contributed by atoms with van der Waals surface area (Å²) in [6.45, 7) is 9.00. The van der Waals surface area contributed by atoms with Crippen LogP contribution < -0.4 is 29.6 Å². The highest BCUT2D eigenvalue weighted by Crippen LogP contribution is 2.40. The van der Waals surface area contributed by atoms with Crippen molar-refractivity contribution in [3.8, 4) is 23.0 Å². The number of hydrogen-bond donors (Lipinski definition) is 2. The minimum absolute atomic E-state index is 0.179. The van der Waals surface area contributed by atoms with Crippen molar-refractivity contribution in [2.24, 2.45) is 0 Å². The molecule has 2 rings (SSSR count). The number of carbonyl (C=O) groups is 1. The topological polar surface area (TPSA) is 78.1 Å². The third-order valence-electron chi connectivity index (χ3n) is 4.13. The van der Waals surface area contributed by atoms with Gasteiger partial charge in [-0.2, -0.15) is 0 Å². The van der Waals surface area contributed by atoms with Crippen LogP contribution in [0.5, 0.6) is 23.0 Å². The van der Waals surface area contributed by atoms with Crippen molar-refractivity contribution < 1.29 is 23.7 Å². The number of ether oxygens (including phenoxy) is 4. The molecule has 1 unspecified atom stereocenters. The molecule has 0 heterocycles. The summed E-state index contributed by atoms with van der Waals surface area (Å²) in [5, 5.41) is 5.76. The molecule has 0 fully saturated rings. The van der Waals surface area contributed by atoms with Gasteiger partial charge in [0.15, 0.2) is 11.5 Å². The Morgan fingerprint density at radius 1 is 0.931 bits per heavy atom. The second-order valence-corrected chi connectivity index (χ2v) is 6.19. The zero-order valence-corrected chi connectivity index (χ0v) is 17.7. The normalized spacial score (nSPS) is 11.3. The van der Waals surface area contributed by atoms with Gasteiger partial charge in [0.2, 0.25) is 5.75 Å². The van der Waals surface area contributed by atoms with E-state index in [-0.39, 0.29) is 12.1 Å². The van der Waals surface area contributed by atoms with Crippen molar-refractivity contribution in [1.29, 1.82) is 0 Å². The summed E-state index contributed by atoms with van der Waals surface area (Å²) < 4.78 is 22.2. The average Bonchev–Trinajstić information content (AvgIpc) is 2.71. The molecule has 0 radical (unpaired) electrons. The van der Waals surface area contributed by atoms with E-state index in [1.807, 2.05) is 52.0 Å². The number of urea groups is 1. The van der Waals surface area contributed by atoms with Crippen LogP contribution >= 0.6 is 0 Å². The van der Waals surface area contributed by atoms with Crippen molar-refractivity contribution in [2.75, 3.05) is 32.2 Å². The van der Waals surface area contributed by atoms with Gasteiger partial charge in [0.25, 0.3) is 0 Å². The Morgan fingerprint density at radius 2 is 1.48 bits per heavy atom. The third-order valence-corrected chi connectivity index (χ3v) is 4.13. The molecule has 0 spiro atoms. The molecule has 7 heteroatoms. The number of hydrogen-bond acceptors (Lipinski definition) is 5. The van der Waals surface area contributed by atoms with Crippen LogP contribution in [-0.2, 0) is 0 Å². The first kappa shape index (κ1) is 22.2. The highest BCUT2D eigenvalue weighted by Gasteiger charge is 2.17. The van der Waals surface area contributed by atoms with Gasteiger partial charge >= 0.3 is 6.03 Å². The van der Waals surface area contributed by atoms with Gasteiger partial charge in [-0.05, 0) is 45.4 Å². The monoisotopic (exact) mass is 402 g/mol. The largest absolute Gasteiger partial charge is 0.497 e. The van der Waals surface area contributed by atoms with Crippen molar-refractivity contribution in [1.82, 2.24) is 5.32 Å². The molecule has 1 atom stereocenters. The number of rotatable bonds is 10. The maximum atomic E-state index is 12.5. The Hall–Kier alpha value is -3.09. The number of benzene rings is 2. The molecule has 0 aromatic heterocycles. The number of nitrogens with one attached hydrogen (secondary N) is 2. The minimum Gasteiger partial charge on any atom is -0.497 e. The van der Waals surface area contributed by atoms with Gasteiger partial charge in [-0.15, -0.1) is 0 Å². The Labute approximate surface area is 172 Å². The first-order chi connectivity index (χ1) is 14.0. The van der Waals surface area contributed by atoms with Crippen LogP contribution in [0.25, 0.3) is 0 Å². The molecule has 0 saturated carbocycles. The van der Waals surface area contributed by atoms with Crippen molar-refractivity contribution >= 4 is 11.7 Å². The molecule has 0 saturated heterocycles. The van der Waals surface area contributed by atoms with Gasteiger partial charge in [0, 0.05) is 12.1 Å². The summed E-state index contributed by atoms with van der Waals surface area (Å²) in [6.07, 6.45) is 0. The van der Waals surface area contributed by atoms with E-state index in [0.29, 0.717) is 42.8 Å².